The Morgan fingerprint density at radius 2 is 2.00 bits per heavy atom. The van der Waals surface area contributed by atoms with Crippen LogP contribution in [0.2, 0.25) is 5.02 Å². The molecule has 146 valence electrons. The highest BCUT2D eigenvalue weighted by molar-refractivity contribution is 6.31. The third-order valence-electron chi connectivity index (χ3n) is 5.46. The Bertz CT molecular complexity index is 1350. The second kappa shape index (κ2) is 5.85. The second-order valence-corrected chi connectivity index (χ2v) is 7.33. The summed E-state index contributed by atoms with van der Waals surface area (Å²) in [5, 5.41) is 15.6. The Labute approximate surface area is 169 Å². The largest absolute Gasteiger partial charge is 0.494 e. The molecule has 2 aromatic heterocycles. The molecule has 0 saturated carbocycles. The number of para-hydroxylation sites is 1. The highest BCUT2D eigenvalue weighted by atomic mass is 35.5. The van der Waals surface area contributed by atoms with Crippen LogP contribution < -0.4 is 10.1 Å². The summed E-state index contributed by atoms with van der Waals surface area (Å²) < 4.78 is 6.98. The number of likely N-dealkylation sites (N-methyl/N-ethyl adjacent to an activating group) is 1. The fourth-order valence-electron chi connectivity index (χ4n) is 4.23. The van der Waals surface area contributed by atoms with Gasteiger partial charge in [0.2, 0.25) is 0 Å². The van der Waals surface area contributed by atoms with E-state index in [4.69, 9.17) is 16.3 Å². The van der Waals surface area contributed by atoms with Gasteiger partial charge in [-0.05, 0) is 30.3 Å². The number of halogens is 1. The molecule has 1 aliphatic rings. The number of aromatic nitrogens is 2. The molecule has 1 aliphatic heterocycles. The van der Waals surface area contributed by atoms with Crippen LogP contribution in [0.1, 0.15) is 10.4 Å². The zero-order valence-corrected chi connectivity index (χ0v) is 16.3. The molecule has 0 bridgehead atoms. The van der Waals surface area contributed by atoms with Gasteiger partial charge in [-0.25, -0.2) is 0 Å². The number of methoxy groups -OCH3 is 1. The monoisotopic (exact) mass is 409 g/mol. The van der Waals surface area contributed by atoms with E-state index < -0.39 is 17.4 Å². The molecule has 0 saturated heterocycles. The number of nitrogens with zero attached hydrogens (tertiary/aromatic N) is 1. The van der Waals surface area contributed by atoms with Crippen molar-refractivity contribution in [3.8, 4) is 17.1 Å². The van der Waals surface area contributed by atoms with E-state index in [1.54, 1.807) is 30.3 Å². The van der Waals surface area contributed by atoms with Crippen molar-refractivity contribution in [1.29, 1.82) is 0 Å². The molecule has 3 N–H and O–H groups in total. The summed E-state index contributed by atoms with van der Waals surface area (Å²) in [4.78, 5) is 29.7. The lowest BCUT2D eigenvalue weighted by Gasteiger charge is -2.31. The highest BCUT2D eigenvalue weighted by Gasteiger charge is 2.54. The lowest BCUT2D eigenvalue weighted by atomic mass is 9.85. The van der Waals surface area contributed by atoms with Gasteiger partial charge in [0.25, 0.3) is 17.4 Å². The summed E-state index contributed by atoms with van der Waals surface area (Å²) in [6.07, 6.45) is 0. The molecule has 5 rings (SSSR count). The van der Waals surface area contributed by atoms with Crippen molar-refractivity contribution in [2.75, 3.05) is 14.2 Å². The van der Waals surface area contributed by atoms with Crippen LogP contribution in [-0.2, 0) is 10.4 Å². The van der Waals surface area contributed by atoms with Crippen molar-refractivity contribution in [1.82, 2.24) is 14.9 Å². The number of ether oxygens (including phenoxy) is 1. The van der Waals surface area contributed by atoms with Gasteiger partial charge in [0.1, 0.15) is 5.69 Å². The minimum Gasteiger partial charge on any atom is -0.494 e. The molecular formula is C21H16ClN3O4. The average molecular weight is 410 g/mol. The van der Waals surface area contributed by atoms with Gasteiger partial charge in [0.05, 0.1) is 18.3 Å². The van der Waals surface area contributed by atoms with Gasteiger partial charge in [-0.15, -0.1) is 0 Å². The van der Waals surface area contributed by atoms with Gasteiger partial charge in [-0.2, -0.15) is 0 Å². The van der Waals surface area contributed by atoms with E-state index in [1.807, 2.05) is 12.1 Å². The summed E-state index contributed by atoms with van der Waals surface area (Å²) in [5.74, 6) is -1.13. The number of nitrogens with one attached hydrogen (secondary N) is 2. The van der Waals surface area contributed by atoms with E-state index >= 15 is 0 Å². The Hall–Kier alpha value is -3.29. The summed E-state index contributed by atoms with van der Waals surface area (Å²) >= 11 is 6.17. The maximum atomic E-state index is 13.6. The number of amides is 1. The van der Waals surface area contributed by atoms with Crippen molar-refractivity contribution in [3.63, 3.8) is 0 Å². The maximum Gasteiger partial charge on any atom is 0.278 e. The zero-order chi connectivity index (χ0) is 20.5. The molecule has 0 fully saturated rings. The van der Waals surface area contributed by atoms with E-state index in [-0.39, 0.29) is 5.56 Å². The Morgan fingerprint density at radius 3 is 2.72 bits per heavy atom. The number of aromatic amines is 1. The number of rotatable bonds is 2. The first kappa shape index (κ1) is 17.8. The number of benzene rings is 2. The van der Waals surface area contributed by atoms with Crippen LogP contribution in [0.15, 0.2) is 42.5 Å². The fraction of sp³-hybridized carbons (Fsp3) is 0.143. The first-order valence-corrected chi connectivity index (χ1v) is 9.30. The van der Waals surface area contributed by atoms with Gasteiger partial charge in [-0.3, -0.25) is 14.2 Å². The van der Waals surface area contributed by atoms with Crippen LogP contribution in [-0.4, -0.2) is 40.6 Å². The minimum atomic E-state index is -2.44. The fourth-order valence-corrected chi connectivity index (χ4v) is 4.40. The van der Waals surface area contributed by atoms with E-state index in [2.05, 4.69) is 10.3 Å². The molecule has 1 unspecified atom stereocenters. The number of hydrogen-bond donors (Lipinski definition) is 3. The topological polar surface area (TPSA) is 96.4 Å². The van der Waals surface area contributed by atoms with E-state index in [0.29, 0.717) is 44.0 Å². The molecule has 0 spiro atoms. The van der Waals surface area contributed by atoms with Crippen molar-refractivity contribution < 1.29 is 19.4 Å². The number of carbonyl (C=O) groups excluding carboxylic acids is 2. The molecule has 4 aromatic rings. The summed E-state index contributed by atoms with van der Waals surface area (Å²) in [7, 11) is 2.89. The van der Waals surface area contributed by atoms with E-state index in [0.717, 1.165) is 0 Å². The van der Waals surface area contributed by atoms with Crippen LogP contribution in [0.3, 0.4) is 0 Å². The van der Waals surface area contributed by atoms with Crippen LogP contribution >= 0.6 is 11.6 Å². The molecular weight excluding hydrogens is 394 g/mol. The molecule has 0 radical (unpaired) electrons. The molecule has 0 aliphatic carbocycles. The Kier molecular flexibility index (Phi) is 3.59. The molecule has 1 amide bonds. The average Bonchev–Trinajstić information content (AvgIpc) is 3.26. The van der Waals surface area contributed by atoms with Crippen LogP contribution in [0.4, 0.5) is 0 Å². The van der Waals surface area contributed by atoms with E-state index in [1.165, 1.54) is 18.7 Å². The molecule has 8 heteroatoms. The lowest BCUT2D eigenvalue weighted by Crippen LogP contribution is -2.53. The normalized spacial score (nSPS) is 18.0. The molecule has 2 aromatic carbocycles. The van der Waals surface area contributed by atoms with Gasteiger partial charge >= 0.3 is 0 Å². The SMILES string of the molecule is CNC(=O)C1(O)C(=O)n2c(c(OC)c3ccccc32)-c2[nH]c3ccc(Cl)cc3c21. The van der Waals surface area contributed by atoms with Gasteiger partial charge in [0.15, 0.2) is 5.75 Å². The van der Waals surface area contributed by atoms with Gasteiger partial charge < -0.3 is 20.1 Å². The van der Waals surface area contributed by atoms with Crippen molar-refractivity contribution in [3.05, 3.63) is 53.1 Å². The number of hydrogen-bond acceptors (Lipinski definition) is 4. The van der Waals surface area contributed by atoms with Crippen LogP contribution in [0, 0.1) is 0 Å². The molecule has 1 atom stereocenters. The van der Waals surface area contributed by atoms with Gasteiger partial charge in [-0.1, -0.05) is 23.7 Å². The standard InChI is InChI=1S/C21H16ClN3O4/c1-23-19(26)21(28)15-12-9-10(22)7-8-13(12)24-16(15)17-18(29-2)11-5-3-4-6-14(11)25(17)20(21)27/h3-9,24,28H,1-2H3,(H,23,26). The van der Waals surface area contributed by atoms with Crippen LogP contribution in [0.25, 0.3) is 33.2 Å². The van der Waals surface area contributed by atoms with Crippen molar-refractivity contribution >= 4 is 45.2 Å². The maximum absolute atomic E-state index is 13.6. The summed E-state index contributed by atoms with van der Waals surface area (Å²) in [6.45, 7) is 0. The minimum absolute atomic E-state index is 0.160. The molecule has 7 nitrogen and oxygen atoms in total. The van der Waals surface area contributed by atoms with Crippen molar-refractivity contribution in [2.45, 2.75) is 5.60 Å². The predicted molar refractivity (Wildman–Crippen MR) is 109 cm³/mol. The Balaban J connectivity index is 2.03. The third-order valence-corrected chi connectivity index (χ3v) is 5.69. The van der Waals surface area contributed by atoms with E-state index in [9.17, 15) is 14.7 Å². The summed E-state index contributed by atoms with van der Waals surface area (Å²) in [6, 6.07) is 12.2. The first-order valence-electron chi connectivity index (χ1n) is 8.92. The third kappa shape index (κ3) is 2.06. The molecule has 3 heterocycles. The summed E-state index contributed by atoms with van der Waals surface area (Å²) in [5.41, 5.74) is -0.222. The zero-order valence-electron chi connectivity index (χ0n) is 15.5. The highest BCUT2D eigenvalue weighted by Crippen LogP contribution is 2.50. The number of carbonyl (C=O) groups is 2. The quantitative estimate of drug-likeness (QED) is 0.443. The number of H-pyrrole nitrogens is 1. The van der Waals surface area contributed by atoms with Crippen molar-refractivity contribution in [2.24, 2.45) is 0 Å². The number of aliphatic hydroxyl groups is 1. The molecule has 29 heavy (non-hydrogen) atoms. The van der Waals surface area contributed by atoms with Gasteiger partial charge in [0, 0.05) is 33.9 Å². The predicted octanol–water partition coefficient (Wildman–Crippen LogP) is 3.04. The van der Waals surface area contributed by atoms with Crippen LogP contribution in [0.5, 0.6) is 5.75 Å². The second-order valence-electron chi connectivity index (χ2n) is 6.89. The Morgan fingerprint density at radius 1 is 1.24 bits per heavy atom. The lowest BCUT2D eigenvalue weighted by molar-refractivity contribution is -0.135. The first-order chi connectivity index (χ1) is 13.9. The smallest absolute Gasteiger partial charge is 0.278 e. The number of fused-ring (bicyclic) bond motifs is 7.